The Hall–Kier alpha value is -2.43. The molecule has 1 amide bonds. The molecule has 0 atom stereocenters. The smallest absolute Gasteiger partial charge is 0.254 e. The summed E-state index contributed by atoms with van der Waals surface area (Å²) < 4.78 is 0. The highest BCUT2D eigenvalue weighted by Gasteiger charge is 2.24. The molecule has 5 nitrogen and oxygen atoms in total. The normalized spacial score (nSPS) is 13.7. The average Bonchev–Trinajstić information content (AvgIpc) is 2.53. The van der Waals surface area contributed by atoms with Crippen molar-refractivity contribution < 1.29 is 4.79 Å². The minimum Gasteiger partial charge on any atom is -0.312 e. The van der Waals surface area contributed by atoms with Crippen molar-refractivity contribution in [2.75, 3.05) is 11.4 Å². The molecule has 1 aromatic carbocycles. The zero-order valence-corrected chi connectivity index (χ0v) is 14.5. The SMILES string of the molecule is Cc1nc(C)c(CCC(=O)N2CCCc3cccc(C)c32)c(=O)[nH]1. The summed E-state index contributed by atoms with van der Waals surface area (Å²) in [5, 5.41) is 0. The van der Waals surface area contributed by atoms with Gasteiger partial charge in [-0.1, -0.05) is 18.2 Å². The van der Waals surface area contributed by atoms with E-state index in [1.807, 2.05) is 30.9 Å². The second kappa shape index (κ2) is 6.59. The number of hydrogen-bond donors (Lipinski definition) is 1. The summed E-state index contributed by atoms with van der Waals surface area (Å²) in [7, 11) is 0. The van der Waals surface area contributed by atoms with E-state index in [0.717, 1.165) is 30.6 Å². The molecule has 24 heavy (non-hydrogen) atoms. The lowest BCUT2D eigenvalue weighted by atomic mass is 9.97. The van der Waals surface area contributed by atoms with Crippen LogP contribution in [0.15, 0.2) is 23.0 Å². The Morgan fingerprint density at radius 3 is 2.83 bits per heavy atom. The monoisotopic (exact) mass is 325 g/mol. The number of nitrogens with zero attached hydrogens (tertiary/aromatic N) is 2. The lowest BCUT2D eigenvalue weighted by molar-refractivity contribution is -0.118. The standard InChI is InChI=1S/C19H23N3O2/c1-12-6-4-7-15-8-5-11-22(18(12)15)17(23)10-9-16-13(2)20-14(3)21-19(16)24/h4,6-7H,5,8-11H2,1-3H3,(H,20,21,24). The Morgan fingerprint density at radius 2 is 2.08 bits per heavy atom. The van der Waals surface area contributed by atoms with E-state index in [0.29, 0.717) is 29.9 Å². The molecule has 126 valence electrons. The number of fused-ring (bicyclic) bond motifs is 1. The number of anilines is 1. The second-order valence-electron chi connectivity index (χ2n) is 6.45. The summed E-state index contributed by atoms with van der Waals surface area (Å²) in [4.78, 5) is 33.7. The Balaban J connectivity index is 1.79. The molecule has 2 aromatic rings. The van der Waals surface area contributed by atoms with E-state index < -0.39 is 0 Å². The molecule has 1 N–H and O–H groups in total. The molecule has 1 aromatic heterocycles. The quantitative estimate of drug-likeness (QED) is 0.943. The van der Waals surface area contributed by atoms with Gasteiger partial charge in [-0.25, -0.2) is 4.98 Å². The van der Waals surface area contributed by atoms with Gasteiger partial charge < -0.3 is 9.88 Å². The van der Waals surface area contributed by atoms with Crippen LogP contribution in [0.2, 0.25) is 0 Å². The van der Waals surface area contributed by atoms with Gasteiger partial charge in [-0.15, -0.1) is 0 Å². The molecular weight excluding hydrogens is 302 g/mol. The first-order valence-electron chi connectivity index (χ1n) is 8.42. The third-order valence-corrected chi connectivity index (χ3v) is 4.65. The molecule has 1 aliphatic rings. The fourth-order valence-corrected chi connectivity index (χ4v) is 3.51. The Labute approximate surface area is 141 Å². The fraction of sp³-hybridized carbons (Fsp3) is 0.421. The van der Waals surface area contributed by atoms with Gasteiger partial charge in [0, 0.05) is 29.9 Å². The number of H-pyrrole nitrogens is 1. The molecule has 3 rings (SSSR count). The van der Waals surface area contributed by atoms with Gasteiger partial charge in [-0.05, 0) is 51.2 Å². The maximum absolute atomic E-state index is 12.8. The van der Waals surface area contributed by atoms with Crippen molar-refractivity contribution >= 4 is 11.6 Å². The van der Waals surface area contributed by atoms with Crippen molar-refractivity contribution in [3.8, 4) is 0 Å². The van der Waals surface area contributed by atoms with E-state index in [9.17, 15) is 9.59 Å². The lowest BCUT2D eigenvalue weighted by Gasteiger charge is -2.31. The number of benzene rings is 1. The molecule has 0 spiro atoms. The highest BCUT2D eigenvalue weighted by molar-refractivity contribution is 5.95. The third-order valence-electron chi connectivity index (χ3n) is 4.65. The minimum atomic E-state index is -0.136. The number of aromatic amines is 1. The van der Waals surface area contributed by atoms with Gasteiger partial charge >= 0.3 is 0 Å². The number of carbonyl (C=O) groups excluding carboxylic acids is 1. The molecule has 2 heterocycles. The van der Waals surface area contributed by atoms with E-state index in [-0.39, 0.29) is 11.5 Å². The largest absolute Gasteiger partial charge is 0.312 e. The Bertz CT molecular complexity index is 839. The summed E-state index contributed by atoms with van der Waals surface area (Å²) in [5.41, 5.74) is 4.60. The van der Waals surface area contributed by atoms with E-state index in [2.05, 4.69) is 16.0 Å². The van der Waals surface area contributed by atoms with Crippen molar-refractivity contribution in [1.29, 1.82) is 0 Å². The Morgan fingerprint density at radius 1 is 1.29 bits per heavy atom. The van der Waals surface area contributed by atoms with Crippen LogP contribution in [0.1, 0.15) is 41.1 Å². The first kappa shape index (κ1) is 16.4. The molecule has 5 heteroatoms. The highest BCUT2D eigenvalue weighted by Crippen LogP contribution is 2.31. The van der Waals surface area contributed by atoms with Crippen LogP contribution in [-0.2, 0) is 17.6 Å². The zero-order valence-electron chi connectivity index (χ0n) is 14.5. The number of aromatic nitrogens is 2. The molecule has 1 aliphatic heterocycles. The van der Waals surface area contributed by atoms with Crippen LogP contribution in [-0.4, -0.2) is 22.4 Å². The fourth-order valence-electron chi connectivity index (χ4n) is 3.51. The average molecular weight is 325 g/mol. The van der Waals surface area contributed by atoms with Gasteiger partial charge in [0.15, 0.2) is 0 Å². The van der Waals surface area contributed by atoms with Crippen LogP contribution in [0, 0.1) is 20.8 Å². The van der Waals surface area contributed by atoms with E-state index >= 15 is 0 Å². The molecule has 0 saturated carbocycles. The van der Waals surface area contributed by atoms with Crippen molar-refractivity contribution in [3.63, 3.8) is 0 Å². The zero-order chi connectivity index (χ0) is 17.3. The van der Waals surface area contributed by atoms with Crippen LogP contribution in [0.4, 0.5) is 5.69 Å². The first-order valence-corrected chi connectivity index (χ1v) is 8.42. The first-order chi connectivity index (χ1) is 11.5. The summed E-state index contributed by atoms with van der Waals surface area (Å²) >= 11 is 0. The number of amides is 1. The highest BCUT2D eigenvalue weighted by atomic mass is 16.2. The summed E-state index contributed by atoms with van der Waals surface area (Å²) in [6.45, 7) is 6.38. The van der Waals surface area contributed by atoms with Crippen LogP contribution in [0.3, 0.4) is 0 Å². The van der Waals surface area contributed by atoms with Crippen LogP contribution >= 0.6 is 0 Å². The Kier molecular flexibility index (Phi) is 4.51. The van der Waals surface area contributed by atoms with Gasteiger partial charge in [0.2, 0.25) is 5.91 Å². The van der Waals surface area contributed by atoms with Gasteiger partial charge in [0.25, 0.3) is 5.56 Å². The number of hydrogen-bond acceptors (Lipinski definition) is 3. The van der Waals surface area contributed by atoms with Crippen molar-refractivity contribution in [2.24, 2.45) is 0 Å². The molecule has 0 radical (unpaired) electrons. The number of rotatable bonds is 3. The van der Waals surface area contributed by atoms with Crippen LogP contribution in [0.25, 0.3) is 0 Å². The van der Waals surface area contributed by atoms with Crippen molar-refractivity contribution in [1.82, 2.24) is 9.97 Å². The van der Waals surface area contributed by atoms with E-state index in [4.69, 9.17) is 0 Å². The van der Waals surface area contributed by atoms with Crippen molar-refractivity contribution in [3.05, 3.63) is 56.8 Å². The van der Waals surface area contributed by atoms with Crippen molar-refractivity contribution in [2.45, 2.75) is 46.5 Å². The predicted octanol–water partition coefficient (Wildman–Crippen LogP) is 2.61. The third kappa shape index (κ3) is 3.11. The molecule has 0 fully saturated rings. The molecular formula is C19H23N3O2. The predicted molar refractivity (Wildman–Crippen MR) is 94.5 cm³/mol. The van der Waals surface area contributed by atoms with Gasteiger partial charge in [-0.2, -0.15) is 0 Å². The molecule has 0 bridgehead atoms. The van der Waals surface area contributed by atoms with Gasteiger partial charge in [0.1, 0.15) is 5.82 Å². The van der Waals surface area contributed by atoms with Gasteiger partial charge in [-0.3, -0.25) is 9.59 Å². The topological polar surface area (TPSA) is 66.1 Å². The molecule has 0 unspecified atom stereocenters. The maximum atomic E-state index is 12.8. The maximum Gasteiger partial charge on any atom is 0.254 e. The lowest BCUT2D eigenvalue weighted by Crippen LogP contribution is -2.36. The second-order valence-corrected chi connectivity index (χ2v) is 6.45. The number of aryl methyl sites for hydroxylation is 4. The van der Waals surface area contributed by atoms with Crippen LogP contribution < -0.4 is 10.5 Å². The summed E-state index contributed by atoms with van der Waals surface area (Å²) in [6, 6.07) is 6.19. The summed E-state index contributed by atoms with van der Waals surface area (Å²) in [5.74, 6) is 0.679. The summed E-state index contributed by atoms with van der Waals surface area (Å²) in [6.07, 6.45) is 2.74. The van der Waals surface area contributed by atoms with E-state index in [1.54, 1.807) is 6.92 Å². The van der Waals surface area contributed by atoms with Gasteiger partial charge in [0.05, 0.1) is 0 Å². The number of nitrogens with one attached hydrogen (secondary N) is 1. The van der Waals surface area contributed by atoms with E-state index in [1.165, 1.54) is 5.56 Å². The minimum absolute atomic E-state index is 0.0737. The number of carbonyl (C=O) groups is 1. The number of para-hydroxylation sites is 1. The molecule has 0 aliphatic carbocycles. The molecule has 0 saturated heterocycles. The van der Waals surface area contributed by atoms with Crippen LogP contribution in [0.5, 0.6) is 0 Å².